The topological polar surface area (TPSA) is 39.1 Å². The number of hydrogen-bond acceptors (Lipinski definition) is 3. The van der Waals surface area contributed by atoms with Crippen LogP contribution in [0, 0.1) is 0 Å². The summed E-state index contributed by atoms with van der Waals surface area (Å²) in [6.07, 6.45) is 4.03. The Labute approximate surface area is 127 Å². The van der Waals surface area contributed by atoms with Crippen molar-refractivity contribution in [1.29, 1.82) is 0 Å². The molecule has 1 heterocycles. The van der Waals surface area contributed by atoms with E-state index in [1.165, 1.54) is 11.1 Å². The van der Waals surface area contributed by atoms with Gasteiger partial charge in [-0.1, -0.05) is 12.1 Å². The summed E-state index contributed by atoms with van der Waals surface area (Å²) in [6.45, 7) is 9.40. The fourth-order valence-corrected chi connectivity index (χ4v) is 2.12. The highest BCUT2D eigenvalue weighted by Crippen LogP contribution is 2.19. The van der Waals surface area contributed by atoms with Gasteiger partial charge in [0.1, 0.15) is 5.75 Å². The Morgan fingerprint density at radius 2 is 2.10 bits per heavy atom. The van der Waals surface area contributed by atoms with E-state index >= 15 is 0 Å². The van der Waals surface area contributed by atoms with Gasteiger partial charge in [0.05, 0.1) is 18.8 Å². The average Bonchev–Trinajstić information content (AvgIpc) is 2.94. The lowest BCUT2D eigenvalue weighted by molar-refractivity contribution is 0.355. The van der Waals surface area contributed by atoms with E-state index < -0.39 is 0 Å². The van der Waals surface area contributed by atoms with E-state index in [0.717, 1.165) is 12.3 Å². The smallest absolute Gasteiger partial charge is 0.119 e. The minimum Gasteiger partial charge on any atom is -0.497 e. The lowest BCUT2D eigenvalue weighted by Crippen LogP contribution is -2.22. The van der Waals surface area contributed by atoms with Crippen molar-refractivity contribution in [3.63, 3.8) is 0 Å². The number of nitrogens with zero attached hydrogens (tertiary/aromatic N) is 2. The van der Waals surface area contributed by atoms with E-state index in [4.69, 9.17) is 4.74 Å². The van der Waals surface area contributed by atoms with Gasteiger partial charge >= 0.3 is 0 Å². The highest BCUT2D eigenvalue weighted by atomic mass is 16.5. The Bertz CT molecular complexity index is 584. The van der Waals surface area contributed by atoms with Gasteiger partial charge in [-0.25, -0.2) is 0 Å². The molecular formula is C17H25N3O. The molecule has 0 saturated carbocycles. The van der Waals surface area contributed by atoms with Crippen LogP contribution in [-0.4, -0.2) is 16.9 Å². The molecule has 2 rings (SSSR count). The van der Waals surface area contributed by atoms with Gasteiger partial charge < -0.3 is 10.1 Å². The van der Waals surface area contributed by atoms with Crippen molar-refractivity contribution in [1.82, 2.24) is 15.1 Å². The summed E-state index contributed by atoms with van der Waals surface area (Å²) in [6, 6.07) is 8.42. The molecule has 4 heteroatoms. The SMILES string of the molecule is COc1cccc([C@@H](C)NCc2cnn(C(C)(C)C)c2)c1. The van der Waals surface area contributed by atoms with Gasteiger partial charge in [-0.3, -0.25) is 4.68 Å². The Balaban J connectivity index is 1.97. The van der Waals surface area contributed by atoms with Gasteiger partial charge in [0.2, 0.25) is 0 Å². The van der Waals surface area contributed by atoms with Gasteiger partial charge in [-0.05, 0) is 45.4 Å². The zero-order chi connectivity index (χ0) is 15.5. The zero-order valence-electron chi connectivity index (χ0n) is 13.6. The van der Waals surface area contributed by atoms with Crippen molar-refractivity contribution in [2.45, 2.75) is 45.8 Å². The highest BCUT2D eigenvalue weighted by Gasteiger charge is 2.14. The molecule has 0 fully saturated rings. The highest BCUT2D eigenvalue weighted by molar-refractivity contribution is 5.30. The van der Waals surface area contributed by atoms with Crippen LogP contribution in [0.1, 0.15) is 44.9 Å². The lowest BCUT2D eigenvalue weighted by Gasteiger charge is -2.19. The molecule has 0 aliphatic rings. The summed E-state index contributed by atoms with van der Waals surface area (Å²) in [4.78, 5) is 0. The van der Waals surface area contributed by atoms with Crippen molar-refractivity contribution in [2.75, 3.05) is 7.11 Å². The summed E-state index contributed by atoms with van der Waals surface area (Å²) in [5, 5.41) is 7.94. The molecule has 0 radical (unpaired) electrons. The van der Waals surface area contributed by atoms with Crippen LogP contribution in [0.5, 0.6) is 5.75 Å². The second-order valence-electron chi connectivity index (χ2n) is 6.34. The molecule has 0 saturated heterocycles. The normalized spacial score (nSPS) is 13.2. The Kier molecular flexibility index (Phi) is 4.68. The van der Waals surface area contributed by atoms with Gasteiger partial charge in [0.15, 0.2) is 0 Å². The second-order valence-corrected chi connectivity index (χ2v) is 6.34. The molecule has 0 spiro atoms. The van der Waals surface area contributed by atoms with Crippen LogP contribution in [0.4, 0.5) is 0 Å². The fraction of sp³-hybridized carbons (Fsp3) is 0.471. The molecule has 1 aromatic carbocycles. The average molecular weight is 287 g/mol. The summed E-state index contributed by atoms with van der Waals surface area (Å²) >= 11 is 0. The van der Waals surface area contributed by atoms with Crippen LogP contribution < -0.4 is 10.1 Å². The first-order chi connectivity index (χ1) is 9.90. The van der Waals surface area contributed by atoms with Crippen LogP contribution in [-0.2, 0) is 12.1 Å². The third-order valence-electron chi connectivity index (χ3n) is 3.53. The van der Waals surface area contributed by atoms with Crippen molar-refractivity contribution in [3.05, 3.63) is 47.8 Å². The van der Waals surface area contributed by atoms with E-state index in [2.05, 4.69) is 56.4 Å². The van der Waals surface area contributed by atoms with E-state index in [0.29, 0.717) is 0 Å². The van der Waals surface area contributed by atoms with Crippen LogP contribution in [0.3, 0.4) is 0 Å². The molecular weight excluding hydrogens is 262 g/mol. The number of benzene rings is 1. The summed E-state index contributed by atoms with van der Waals surface area (Å²) in [7, 11) is 1.69. The number of ether oxygens (including phenoxy) is 1. The first kappa shape index (κ1) is 15.6. The Morgan fingerprint density at radius 3 is 2.71 bits per heavy atom. The molecule has 4 nitrogen and oxygen atoms in total. The van der Waals surface area contributed by atoms with Crippen LogP contribution in [0.15, 0.2) is 36.7 Å². The first-order valence-electron chi connectivity index (χ1n) is 7.31. The van der Waals surface area contributed by atoms with E-state index in [1.54, 1.807) is 7.11 Å². The number of hydrogen-bond donors (Lipinski definition) is 1. The van der Waals surface area contributed by atoms with Gasteiger partial charge in [0, 0.05) is 24.3 Å². The first-order valence-corrected chi connectivity index (χ1v) is 7.31. The third kappa shape index (κ3) is 4.08. The minimum atomic E-state index is 0.0245. The van der Waals surface area contributed by atoms with E-state index in [9.17, 15) is 0 Å². The molecule has 0 bridgehead atoms. The predicted octanol–water partition coefficient (Wildman–Crippen LogP) is 3.50. The van der Waals surface area contributed by atoms with Crippen LogP contribution in [0.2, 0.25) is 0 Å². The van der Waals surface area contributed by atoms with Crippen molar-refractivity contribution in [3.8, 4) is 5.75 Å². The molecule has 1 atom stereocenters. The Morgan fingerprint density at radius 1 is 1.33 bits per heavy atom. The van der Waals surface area contributed by atoms with Gasteiger partial charge in [0.25, 0.3) is 0 Å². The molecule has 21 heavy (non-hydrogen) atoms. The second kappa shape index (κ2) is 6.31. The quantitative estimate of drug-likeness (QED) is 0.915. The lowest BCUT2D eigenvalue weighted by atomic mass is 10.1. The van der Waals surface area contributed by atoms with Gasteiger partial charge in [-0.15, -0.1) is 0 Å². The molecule has 114 valence electrons. The van der Waals surface area contributed by atoms with Crippen LogP contribution in [0.25, 0.3) is 0 Å². The number of rotatable bonds is 5. The fourth-order valence-electron chi connectivity index (χ4n) is 2.12. The molecule has 0 aliphatic heterocycles. The summed E-state index contributed by atoms with van der Waals surface area (Å²) in [5.41, 5.74) is 2.44. The van der Waals surface area contributed by atoms with Gasteiger partial charge in [-0.2, -0.15) is 5.10 Å². The maximum atomic E-state index is 5.27. The zero-order valence-corrected chi connectivity index (χ0v) is 13.6. The number of aromatic nitrogens is 2. The monoisotopic (exact) mass is 287 g/mol. The van der Waals surface area contributed by atoms with Crippen LogP contribution >= 0.6 is 0 Å². The van der Waals surface area contributed by atoms with Crippen molar-refractivity contribution < 1.29 is 4.74 Å². The standard InChI is InChI=1S/C17H25N3O/c1-13(15-7-6-8-16(9-15)21-5)18-10-14-11-19-20(12-14)17(2,3)4/h6-9,11-13,18H,10H2,1-5H3/t13-/m1/s1. The van der Waals surface area contributed by atoms with Crippen molar-refractivity contribution >= 4 is 0 Å². The molecule has 2 aromatic rings. The Hall–Kier alpha value is -1.81. The summed E-state index contributed by atoms with van der Waals surface area (Å²) in [5.74, 6) is 0.890. The maximum absolute atomic E-state index is 5.27. The number of nitrogens with one attached hydrogen (secondary N) is 1. The molecule has 1 N–H and O–H groups in total. The van der Waals surface area contributed by atoms with E-state index in [1.807, 2.05) is 23.0 Å². The molecule has 0 aliphatic carbocycles. The molecule has 1 aromatic heterocycles. The molecule has 0 unspecified atom stereocenters. The predicted molar refractivity (Wildman–Crippen MR) is 85.5 cm³/mol. The minimum absolute atomic E-state index is 0.0245. The molecule has 0 amide bonds. The maximum Gasteiger partial charge on any atom is 0.119 e. The van der Waals surface area contributed by atoms with Crippen molar-refractivity contribution in [2.24, 2.45) is 0 Å². The number of methoxy groups -OCH3 is 1. The van der Waals surface area contributed by atoms with E-state index in [-0.39, 0.29) is 11.6 Å². The largest absolute Gasteiger partial charge is 0.497 e. The third-order valence-corrected chi connectivity index (χ3v) is 3.53. The summed E-state index contributed by atoms with van der Waals surface area (Å²) < 4.78 is 7.27.